The molecule has 2 heterocycles. The summed E-state index contributed by atoms with van der Waals surface area (Å²) in [7, 11) is -1.79. The molecule has 3 rings (SSSR count). The minimum Gasteiger partial charge on any atom is -0.311 e. The molecule has 1 aromatic carbocycles. The lowest BCUT2D eigenvalue weighted by Gasteiger charge is -2.30. The Morgan fingerprint density at radius 1 is 1.19 bits per heavy atom. The van der Waals surface area contributed by atoms with E-state index in [9.17, 15) is 8.42 Å². The highest BCUT2D eigenvalue weighted by atomic mass is 32.2. The van der Waals surface area contributed by atoms with Crippen molar-refractivity contribution in [2.45, 2.75) is 50.4 Å². The maximum Gasteiger partial charge on any atom is 0.279 e. The van der Waals surface area contributed by atoms with E-state index >= 15 is 0 Å². The van der Waals surface area contributed by atoms with E-state index in [1.165, 1.54) is 17.1 Å². The van der Waals surface area contributed by atoms with Crippen LogP contribution in [-0.4, -0.2) is 37.9 Å². The van der Waals surface area contributed by atoms with E-state index in [-0.39, 0.29) is 6.04 Å². The van der Waals surface area contributed by atoms with Crippen LogP contribution in [0.1, 0.15) is 31.2 Å². The van der Waals surface area contributed by atoms with Crippen molar-refractivity contribution in [3.05, 3.63) is 35.9 Å². The molecule has 6 heteroatoms. The molecule has 2 aliphatic heterocycles. The summed E-state index contributed by atoms with van der Waals surface area (Å²) in [6.07, 6.45) is 4.13. The van der Waals surface area contributed by atoms with E-state index in [0.717, 1.165) is 18.4 Å². The molecule has 0 spiro atoms. The summed E-state index contributed by atoms with van der Waals surface area (Å²) in [5.41, 5.74) is 0.996. The Labute approximate surface area is 126 Å². The second-order valence-electron chi connectivity index (χ2n) is 6.17. The predicted molar refractivity (Wildman–Crippen MR) is 82.9 cm³/mol. The van der Waals surface area contributed by atoms with Gasteiger partial charge in [0, 0.05) is 31.7 Å². The van der Waals surface area contributed by atoms with Gasteiger partial charge in [-0.1, -0.05) is 30.3 Å². The number of nitrogens with one attached hydrogen (secondary N) is 2. The molecular weight excluding hydrogens is 286 g/mol. The van der Waals surface area contributed by atoms with Crippen molar-refractivity contribution < 1.29 is 8.42 Å². The highest BCUT2D eigenvalue weighted by Crippen LogP contribution is 2.27. The molecule has 2 saturated heterocycles. The third kappa shape index (κ3) is 3.63. The monoisotopic (exact) mass is 309 g/mol. The molecule has 2 N–H and O–H groups in total. The van der Waals surface area contributed by atoms with Crippen LogP contribution in [0.2, 0.25) is 0 Å². The van der Waals surface area contributed by atoms with Crippen LogP contribution >= 0.6 is 0 Å². The number of benzene rings is 1. The number of rotatable bonds is 5. The number of hydrogen-bond acceptors (Lipinski definition) is 3. The fourth-order valence-corrected chi connectivity index (χ4v) is 4.49. The Bertz CT molecular complexity index is 564. The summed E-state index contributed by atoms with van der Waals surface area (Å²) in [4.78, 5) is 0. The zero-order chi connectivity index (χ0) is 14.9. The number of nitrogens with zero attached hydrogens (tertiary/aromatic N) is 1. The molecular formula is C15H23N3O2S. The third-order valence-electron chi connectivity index (χ3n) is 4.45. The first-order chi connectivity index (χ1) is 10.0. The molecule has 0 amide bonds. The molecule has 2 fully saturated rings. The summed E-state index contributed by atoms with van der Waals surface area (Å²) < 4.78 is 29.1. The molecule has 0 saturated carbocycles. The molecule has 0 radical (unpaired) electrons. The summed E-state index contributed by atoms with van der Waals surface area (Å²) in [5, 5.41) is 3.53. The van der Waals surface area contributed by atoms with Crippen LogP contribution in [0.3, 0.4) is 0 Å². The van der Waals surface area contributed by atoms with Gasteiger partial charge in [-0.05, 0) is 31.2 Å². The van der Waals surface area contributed by atoms with Crippen molar-refractivity contribution in [2.24, 2.45) is 0 Å². The molecule has 2 bridgehead atoms. The summed E-state index contributed by atoms with van der Waals surface area (Å²) in [6.45, 7) is 0.397. The van der Waals surface area contributed by atoms with Gasteiger partial charge in [-0.15, -0.1) is 0 Å². The molecule has 0 aromatic heterocycles. The number of piperidine rings is 1. The quantitative estimate of drug-likeness (QED) is 0.860. The van der Waals surface area contributed by atoms with E-state index in [2.05, 4.69) is 10.0 Å². The average molecular weight is 309 g/mol. The number of hydrogen-bond donors (Lipinski definition) is 2. The zero-order valence-electron chi connectivity index (χ0n) is 12.3. The summed E-state index contributed by atoms with van der Waals surface area (Å²) in [5.74, 6) is 0. The van der Waals surface area contributed by atoms with Gasteiger partial charge in [-0.25, -0.2) is 0 Å². The van der Waals surface area contributed by atoms with Gasteiger partial charge in [0.15, 0.2) is 0 Å². The van der Waals surface area contributed by atoms with Crippen LogP contribution < -0.4 is 10.0 Å². The van der Waals surface area contributed by atoms with Crippen LogP contribution in [-0.2, 0) is 16.8 Å². The Kier molecular flexibility index (Phi) is 4.31. The molecule has 21 heavy (non-hydrogen) atoms. The predicted octanol–water partition coefficient (Wildman–Crippen LogP) is 1.24. The van der Waals surface area contributed by atoms with Gasteiger partial charge in [0.05, 0.1) is 0 Å². The largest absolute Gasteiger partial charge is 0.311 e. The van der Waals surface area contributed by atoms with Crippen LogP contribution in [0.15, 0.2) is 30.3 Å². The van der Waals surface area contributed by atoms with Gasteiger partial charge in [0.2, 0.25) is 0 Å². The topological polar surface area (TPSA) is 61.4 Å². The van der Waals surface area contributed by atoms with Crippen LogP contribution in [0.4, 0.5) is 0 Å². The third-order valence-corrected chi connectivity index (χ3v) is 6.03. The first-order valence-electron chi connectivity index (χ1n) is 7.56. The van der Waals surface area contributed by atoms with Crippen molar-refractivity contribution in [3.8, 4) is 0 Å². The van der Waals surface area contributed by atoms with Crippen LogP contribution in [0, 0.1) is 0 Å². The fourth-order valence-electron chi connectivity index (χ4n) is 3.38. The Morgan fingerprint density at radius 3 is 2.43 bits per heavy atom. The Morgan fingerprint density at radius 2 is 1.81 bits per heavy atom. The van der Waals surface area contributed by atoms with Crippen LogP contribution in [0.5, 0.6) is 0 Å². The van der Waals surface area contributed by atoms with Gasteiger partial charge in [-0.3, -0.25) is 0 Å². The van der Waals surface area contributed by atoms with E-state index in [4.69, 9.17) is 0 Å². The normalized spacial score (nSPS) is 29.0. The first kappa shape index (κ1) is 15.0. The van der Waals surface area contributed by atoms with Gasteiger partial charge in [0.25, 0.3) is 10.2 Å². The molecule has 2 unspecified atom stereocenters. The summed E-state index contributed by atoms with van der Waals surface area (Å²) >= 11 is 0. The lowest BCUT2D eigenvalue weighted by Crippen LogP contribution is -2.50. The maximum atomic E-state index is 12.4. The minimum atomic E-state index is -3.42. The van der Waals surface area contributed by atoms with Crippen molar-refractivity contribution in [1.82, 2.24) is 14.3 Å². The average Bonchev–Trinajstić information content (AvgIpc) is 2.78. The van der Waals surface area contributed by atoms with Gasteiger partial charge in [0.1, 0.15) is 0 Å². The second kappa shape index (κ2) is 6.04. The van der Waals surface area contributed by atoms with E-state index in [1.54, 1.807) is 7.05 Å². The molecule has 116 valence electrons. The fraction of sp³-hybridized carbons (Fsp3) is 0.600. The number of fused-ring (bicyclic) bond motifs is 2. The van der Waals surface area contributed by atoms with Crippen molar-refractivity contribution in [3.63, 3.8) is 0 Å². The van der Waals surface area contributed by atoms with E-state index in [0.29, 0.717) is 18.6 Å². The second-order valence-corrected chi connectivity index (χ2v) is 7.98. The molecule has 1 aromatic rings. The first-order valence-corrected chi connectivity index (χ1v) is 9.00. The maximum absolute atomic E-state index is 12.4. The van der Waals surface area contributed by atoms with Crippen LogP contribution in [0.25, 0.3) is 0 Å². The zero-order valence-corrected chi connectivity index (χ0v) is 13.1. The highest BCUT2D eigenvalue weighted by Gasteiger charge is 2.35. The van der Waals surface area contributed by atoms with Crippen molar-refractivity contribution >= 4 is 10.2 Å². The smallest absolute Gasteiger partial charge is 0.279 e. The lowest BCUT2D eigenvalue weighted by molar-refractivity contribution is 0.337. The minimum absolute atomic E-state index is 0.0620. The molecule has 2 atom stereocenters. The van der Waals surface area contributed by atoms with E-state index < -0.39 is 10.2 Å². The van der Waals surface area contributed by atoms with Crippen molar-refractivity contribution in [1.29, 1.82) is 0 Å². The standard InChI is InChI=1S/C15H23N3O2S/c1-18(11-12-5-3-2-4-6-12)21(19,20)17-15-9-13-7-8-14(10-15)16-13/h2-6,13-17H,7-11H2,1H3. The molecule has 0 aliphatic carbocycles. The SMILES string of the molecule is CN(Cc1ccccc1)S(=O)(=O)NC1CC2CCC(C1)N2. The van der Waals surface area contributed by atoms with Gasteiger partial charge >= 0.3 is 0 Å². The molecule has 2 aliphatic rings. The molecule has 5 nitrogen and oxygen atoms in total. The highest BCUT2D eigenvalue weighted by molar-refractivity contribution is 7.87. The van der Waals surface area contributed by atoms with E-state index in [1.807, 2.05) is 30.3 Å². The summed E-state index contributed by atoms with van der Waals surface area (Å²) in [6, 6.07) is 10.7. The van der Waals surface area contributed by atoms with Gasteiger partial charge in [-0.2, -0.15) is 17.4 Å². The van der Waals surface area contributed by atoms with Gasteiger partial charge < -0.3 is 5.32 Å². The Hall–Kier alpha value is -0.950. The lowest BCUT2D eigenvalue weighted by atomic mass is 10.0. The van der Waals surface area contributed by atoms with Crippen molar-refractivity contribution in [2.75, 3.05) is 7.05 Å². The Balaban J connectivity index is 1.61.